The third-order valence-corrected chi connectivity index (χ3v) is 3.07. The minimum absolute atomic E-state index is 0.115. The Bertz CT molecular complexity index is 618. The molecule has 2 rings (SSSR count). The van der Waals surface area contributed by atoms with Crippen molar-refractivity contribution in [1.29, 1.82) is 0 Å². The summed E-state index contributed by atoms with van der Waals surface area (Å²) in [7, 11) is 0. The van der Waals surface area contributed by atoms with E-state index < -0.39 is 0 Å². The molecule has 0 radical (unpaired) electrons. The number of rotatable bonds is 1. The maximum atomic E-state index is 13.3. The van der Waals surface area contributed by atoms with Gasteiger partial charge in [-0.15, -0.1) is 0 Å². The second-order valence-corrected chi connectivity index (χ2v) is 6.00. The van der Waals surface area contributed by atoms with Crippen molar-refractivity contribution in [2.75, 3.05) is 0 Å². The predicted molar refractivity (Wildman–Crippen MR) is 75.9 cm³/mol. The van der Waals surface area contributed by atoms with E-state index in [1.54, 1.807) is 25.1 Å². The Balaban J connectivity index is 2.56. The number of aromatic nitrogens is 2. The van der Waals surface area contributed by atoms with Gasteiger partial charge in [-0.2, -0.15) is 0 Å². The van der Waals surface area contributed by atoms with E-state index in [4.69, 9.17) is 11.6 Å². The van der Waals surface area contributed by atoms with Gasteiger partial charge in [-0.1, -0.05) is 32.4 Å². The van der Waals surface area contributed by atoms with Crippen LogP contribution in [-0.2, 0) is 5.41 Å². The van der Waals surface area contributed by atoms with Crippen LogP contribution in [0.15, 0.2) is 24.3 Å². The van der Waals surface area contributed by atoms with Gasteiger partial charge in [0.15, 0.2) is 5.82 Å². The molecule has 2 nitrogen and oxygen atoms in total. The van der Waals surface area contributed by atoms with Crippen molar-refractivity contribution in [3.05, 3.63) is 46.5 Å². The molecule has 0 bridgehead atoms. The zero-order valence-corrected chi connectivity index (χ0v) is 12.2. The third-order valence-electron chi connectivity index (χ3n) is 2.88. The third kappa shape index (κ3) is 3.10. The molecule has 0 aliphatic heterocycles. The molecule has 1 aromatic heterocycles. The maximum absolute atomic E-state index is 13.3. The van der Waals surface area contributed by atoms with E-state index in [1.165, 1.54) is 6.07 Å². The standard InChI is InChI=1S/C15H16ClFN2/c1-9-7-10(5-6-11(9)17)14-18-12(15(2,3)4)8-13(16)19-14/h5-8H,1-4H3. The second kappa shape index (κ2) is 4.89. The molecular weight excluding hydrogens is 263 g/mol. The van der Waals surface area contributed by atoms with E-state index >= 15 is 0 Å². The first-order valence-electron chi connectivity index (χ1n) is 6.09. The fraction of sp³-hybridized carbons (Fsp3) is 0.333. The first-order chi connectivity index (χ1) is 8.77. The van der Waals surface area contributed by atoms with Crippen molar-refractivity contribution in [1.82, 2.24) is 9.97 Å². The van der Waals surface area contributed by atoms with Crippen molar-refractivity contribution in [2.24, 2.45) is 0 Å². The van der Waals surface area contributed by atoms with Crippen molar-refractivity contribution in [3.8, 4) is 11.4 Å². The number of nitrogens with zero attached hydrogens (tertiary/aromatic N) is 2. The quantitative estimate of drug-likeness (QED) is 0.716. The number of hydrogen-bond acceptors (Lipinski definition) is 2. The molecule has 1 aromatic carbocycles. The SMILES string of the molecule is Cc1cc(-c2nc(Cl)cc(C(C)(C)C)n2)ccc1F. The zero-order valence-electron chi connectivity index (χ0n) is 11.5. The van der Waals surface area contributed by atoms with Crippen LogP contribution >= 0.6 is 11.6 Å². The van der Waals surface area contributed by atoms with E-state index in [0.717, 1.165) is 11.3 Å². The Morgan fingerprint density at radius 1 is 1.11 bits per heavy atom. The van der Waals surface area contributed by atoms with Gasteiger partial charge in [-0.05, 0) is 36.8 Å². The van der Waals surface area contributed by atoms with E-state index in [2.05, 4.69) is 30.7 Å². The predicted octanol–water partition coefficient (Wildman–Crippen LogP) is 4.54. The summed E-state index contributed by atoms with van der Waals surface area (Å²) in [5.41, 5.74) is 2.09. The lowest BCUT2D eigenvalue weighted by molar-refractivity contribution is 0.568. The van der Waals surface area contributed by atoms with Gasteiger partial charge in [0.2, 0.25) is 0 Å². The summed E-state index contributed by atoms with van der Waals surface area (Å²) in [6, 6.07) is 6.58. The Morgan fingerprint density at radius 2 is 1.79 bits per heavy atom. The largest absolute Gasteiger partial charge is 0.232 e. The number of benzene rings is 1. The van der Waals surface area contributed by atoms with Gasteiger partial charge in [0.05, 0.1) is 5.69 Å². The van der Waals surface area contributed by atoms with Crippen molar-refractivity contribution in [2.45, 2.75) is 33.1 Å². The molecule has 0 spiro atoms. The monoisotopic (exact) mass is 278 g/mol. The molecule has 0 amide bonds. The van der Waals surface area contributed by atoms with E-state index in [9.17, 15) is 4.39 Å². The van der Waals surface area contributed by atoms with Crippen LogP contribution < -0.4 is 0 Å². The van der Waals surface area contributed by atoms with Crippen LogP contribution in [0.2, 0.25) is 5.15 Å². The topological polar surface area (TPSA) is 25.8 Å². The van der Waals surface area contributed by atoms with Crippen LogP contribution in [0.4, 0.5) is 4.39 Å². The molecule has 19 heavy (non-hydrogen) atoms. The fourth-order valence-electron chi connectivity index (χ4n) is 1.71. The second-order valence-electron chi connectivity index (χ2n) is 5.61. The molecule has 4 heteroatoms. The molecule has 2 aromatic rings. The van der Waals surface area contributed by atoms with Gasteiger partial charge in [0.1, 0.15) is 11.0 Å². The number of aryl methyl sites for hydroxylation is 1. The van der Waals surface area contributed by atoms with Gasteiger partial charge < -0.3 is 0 Å². The van der Waals surface area contributed by atoms with E-state index in [0.29, 0.717) is 16.5 Å². The van der Waals surface area contributed by atoms with Crippen LogP contribution in [0.1, 0.15) is 32.0 Å². The summed E-state index contributed by atoms with van der Waals surface area (Å²) in [6.07, 6.45) is 0. The summed E-state index contributed by atoms with van der Waals surface area (Å²) >= 11 is 6.05. The van der Waals surface area contributed by atoms with Crippen molar-refractivity contribution in [3.63, 3.8) is 0 Å². The highest BCUT2D eigenvalue weighted by molar-refractivity contribution is 6.29. The van der Waals surface area contributed by atoms with Crippen LogP contribution in [0.3, 0.4) is 0 Å². The molecule has 0 saturated heterocycles. The van der Waals surface area contributed by atoms with Crippen molar-refractivity contribution < 1.29 is 4.39 Å². The Labute approximate surface area is 117 Å². The summed E-state index contributed by atoms with van der Waals surface area (Å²) in [5.74, 6) is 0.294. The molecule has 0 N–H and O–H groups in total. The summed E-state index contributed by atoms with van der Waals surface area (Å²) < 4.78 is 13.3. The van der Waals surface area contributed by atoms with E-state index in [-0.39, 0.29) is 11.2 Å². The summed E-state index contributed by atoms with van der Waals surface area (Å²) in [4.78, 5) is 8.75. The minimum atomic E-state index is -0.234. The first kappa shape index (κ1) is 13.9. The van der Waals surface area contributed by atoms with Gasteiger partial charge in [0.25, 0.3) is 0 Å². The average Bonchev–Trinajstić information content (AvgIpc) is 2.31. The van der Waals surface area contributed by atoms with Crippen LogP contribution in [-0.4, -0.2) is 9.97 Å². The lowest BCUT2D eigenvalue weighted by Gasteiger charge is -2.18. The molecule has 0 atom stereocenters. The smallest absolute Gasteiger partial charge is 0.161 e. The van der Waals surface area contributed by atoms with Crippen molar-refractivity contribution >= 4 is 11.6 Å². The highest BCUT2D eigenvalue weighted by atomic mass is 35.5. The molecule has 0 unspecified atom stereocenters. The summed E-state index contributed by atoms with van der Waals surface area (Å²) in [5, 5.41) is 0.400. The molecule has 100 valence electrons. The lowest BCUT2D eigenvalue weighted by atomic mass is 9.92. The Morgan fingerprint density at radius 3 is 2.37 bits per heavy atom. The van der Waals surface area contributed by atoms with Gasteiger partial charge >= 0.3 is 0 Å². The lowest BCUT2D eigenvalue weighted by Crippen LogP contribution is -2.14. The molecule has 0 saturated carbocycles. The molecule has 0 aliphatic rings. The van der Waals surface area contributed by atoms with Gasteiger partial charge in [0, 0.05) is 11.0 Å². The van der Waals surface area contributed by atoms with E-state index in [1.807, 2.05) is 0 Å². The highest BCUT2D eigenvalue weighted by Gasteiger charge is 2.18. The maximum Gasteiger partial charge on any atom is 0.161 e. The Hall–Kier alpha value is -1.48. The minimum Gasteiger partial charge on any atom is -0.232 e. The average molecular weight is 279 g/mol. The molecule has 1 heterocycles. The molecule has 0 aliphatic carbocycles. The van der Waals surface area contributed by atoms with Crippen LogP contribution in [0.5, 0.6) is 0 Å². The molecular formula is C15H16ClFN2. The normalized spacial score (nSPS) is 11.7. The van der Waals surface area contributed by atoms with Crippen LogP contribution in [0, 0.1) is 12.7 Å². The number of halogens is 2. The van der Waals surface area contributed by atoms with Crippen LogP contribution in [0.25, 0.3) is 11.4 Å². The highest BCUT2D eigenvalue weighted by Crippen LogP contribution is 2.26. The zero-order chi connectivity index (χ0) is 14.2. The Kier molecular flexibility index (Phi) is 3.59. The first-order valence-corrected chi connectivity index (χ1v) is 6.47. The molecule has 0 fully saturated rings. The summed E-state index contributed by atoms with van der Waals surface area (Å²) in [6.45, 7) is 7.90. The van der Waals surface area contributed by atoms with Gasteiger partial charge in [-0.25, -0.2) is 14.4 Å². The fourth-order valence-corrected chi connectivity index (χ4v) is 1.90. The van der Waals surface area contributed by atoms with Gasteiger partial charge in [-0.3, -0.25) is 0 Å². The number of hydrogen-bond donors (Lipinski definition) is 0.